The van der Waals surface area contributed by atoms with Gasteiger partial charge in [0.25, 0.3) is 0 Å². The smallest absolute Gasteiger partial charge is 0.308 e. The van der Waals surface area contributed by atoms with Crippen molar-refractivity contribution in [2.24, 2.45) is 5.92 Å². The van der Waals surface area contributed by atoms with Gasteiger partial charge in [-0.2, -0.15) is 5.26 Å². The van der Waals surface area contributed by atoms with E-state index < -0.39 is 11.9 Å². The highest BCUT2D eigenvalue weighted by Crippen LogP contribution is 2.17. The Kier molecular flexibility index (Phi) is 5.12. The molecule has 0 spiro atoms. The molecule has 1 fully saturated rings. The third-order valence-electron chi connectivity index (χ3n) is 2.52. The maximum atomic E-state index is 11.6. The van der Waals surface area contributed by atoms with Gasteiger partial charge < -0.3 is 10.0 Å². The van der Waals surface area contributed by atoms with E-state index in [9.17, 15) is 9.59 Å². The number of thioether (sulfide) groups is 1. The lowest BCUT2D eigenvalue weighted by Gasteiger charge is -2.30. The fourth-order valence-electron chi connectivity index (χ4n) is 1.68. The van der Waals surface area contributed by atoms with Crippen molar-refractivity contribution in [2.75, 3.05) is 24.6 Å². The summed E-state index contributed by atoms with van der Waals surface area (Å²) in [5.41, 5.74) is 0. The average Bonchev–Trinajstić information content (AvgIpc) is 2.29. The van der Waals surface area contributed by atoms with Crippen LogP contribution in [0.5, 0.6) is 0 Å². The molecule has 88 valence electrons. The molecule has 0 saturated carbocycles. The predicted octanol–water partition coefficient (Wildman–Crippen LogP) is 0.566. The summed E-state index contributed by atoms with van der Waals surface area (Å²) in [6, 6.07) is 1.95. The monoisotopic (exact) mass is 242 g/mol. The Labute approximate surface area is 98.4 Å². The van der Waals surface area contributed by atoms with Crippen molar-refractivity contribution in [2.45, 2.75) is 12.8 Å². The van der Waals surface area contributed by atoms with Crippen molar-refractivity contribution < 1.29 is 14.7 Å². The molecule has 0 bridgehead atoms. The van der Waals surface area contributed by atoms with E-state index in [1.807, 2.05) is 6.07 Å². The molecule has 0 radical (unpaired) electrons. The second kappa shape index (κ2) is 6.38. The summed E-state index contributed by atoms with van der Waals surface area (Å²) in [7, 11) is 0. The maximum absolute atomic E-state index is 11.6. The zero-order chi connectivity index (χ0) is 12.0. The molecule has 1 aliphatic heterocycles. The summed E-state index contributed by atoms with van der Waals surface area (Å²) >= 11 is 1.26. The first-order valence-corrected chi connectivity index (χ1v) is 6.26. The van der Waals surface area contributed by atoms with Gasteiger partial charge in [0.15, 0.2) is 0 Å². The van der Waals surface area contributed by atoms with Crippen LogP contribution >= 0.6 is 11.8 Å². The molecule has 1 amide bonds. The fraction of sp³-hybridized carbons (Fsp3) is 0.700. The lowest BCUT2D eigenvalue weighted by Crippen LogP contribution is -2.43. The van der Waals surface area contributed by atoms with Crippen LogP contribution in [0.15, 0.2) is 0 Å². The van der Waals surface area contributed by atoms with Crippen LogP contribution in [-0.4, -0.2) is 46.5 Å². The predicted molar refractivity (Wildman–Crippen MR) is 59.9 cm³/mol. The molecule has 1 saturated heterocycles. The van der Waals surface area contributed by atoms with Crippen LogP contribution in [0.1, 0.15) is 12.8 Å². The number of hydrogen-bond donors (Lipinski definition) is 1. The number of carbonyl (C=O) groups excluding carboxylic acids is 1. The Morgan fingerprint density at radius 2 is 2.31 bits per heavy atom. The number of carbonyl (C=O) groups is 2. The van der Waals surface area contributed by atoms with Crippen LogP contribution in [0.2, 0.25) is 0 Å². The molecule has 6 heteroatoms. The van der Waals surface area contributed by atoms with Crippen LogP contribution in [0.25, 0.3) is 0 Å². The summed E-state index contributed by atoms with van der Waals surface area (Å²) in [6.45, 7) is 0.941. The zero-order valence-electron chi connectivity index (χ0n) is 8.89. The number of rotatable bonds is 4. The molecular formula is C10H14N2O3S. The molecule has 1 atom stereocenters. The molecule has 0 aromatic heterocycles. The number of amides is 1. The molecule has 1 rings (SSSR count). The highest BCUT2D eigenvalue weighted by molar-refractivity contribution is 8.00. The van der Waals surface area contributed by atoms with Gasteiger partial charge in [0, 0.05) is 13.1 Å². The number of hydrogen-bond acceptors (Lipinski definition) is 4. The maximum Gasteiger partial charge on any atom is 0.308 e. The largest absolute Gasteiger partial charge is 0.481 e. The Balaban J connectivity index is 2.38. The van der Waals surface area contributed by atoms with E-state index >= 15 is 0 Å². The van der Waals surface area contributed by atoms with Crippen LogP contribution < -0.4 is 0 Å². The van der Waals surface area contributed by atoms with E-state index in [0.29, 0.717) is 25.3 Å². The molecule has 0 aromatic carbocycles. The highest BCUT2D eigenvalue weighted by atomic mass is 32.2. The molecule has 0 aliphatic carbocycles. The number of piperidine rings is 1. The first-order valence-electron chi connectivity index (χ1n) is 5.10. The SMILES string of the molecule is N#CCSCC(=O)N1CCC[C@@H](C(=O)O)C1. The van der Waals surface area contributed by atoms with Crippen molar-refractivity contribution in [1.29, 1.82) is 5.26 Å². The van der Waals surface area contributed by atoms with Gasteiger partial charge in [0.1, 0.15) is 0 Å². The van der Waals surface area contributed by atoms with E-state index in [2.05, 4.69) is 0 Å². The van der Waals surface area contributed by atoms with Gasteiger partial charge in [-0.15, -0.1) is 11.8 Å². The molecular weight excluding hydrogens is 228 g/mol. The molecule has 5 nitrogen and oxygen atoms in total. The summed E-state index contributed by atoms with van der Waals surface area (Å²) in [5.74, 6) is -0.769. The minimum Gasteiger partial charge on any atom is -0.481 e. The minimum absolute atomic E-state index is 0.0637. The van der Waals surface area contributed by atoms with Crippen LogP contribution in [0, 0.1) is 17.2 Å². The second-order valence-electron chi connectivity index (χ2n) is 3.67. The number of likely N-dealkylation sites (tertiary alicyclic amines) is 1. The van der Waals surface area contributed by atoms with Gasteiger partial charge in [-0.1, -0.05) is 0 Å². The average molecular weight is 242 g/mol. The van der Waals surface area contributed by atoms with Crippen molar-refractivity contribution in [1.82, 2.24) is 4.90 Å². The fourth-order valence-corrected chi connectivity index (χ4v) is 2.23. The summed E-state index contributed by atoms with van der Waals surface area (Å²) in [4.78, 5) is 24.0. The van der Waals surface area contributed by atoms with Gasteiger partial charge in [-0.3, -0.25) is 9.59 Å². The van der Waals surface area contributed by atoms with Crippen LogP contribution in [0.3, 0.4) is 0 Å². The second-order valence-corrected chi connectivity index (χ2v) is 4.65. The number of nitrogens with zero attached hydrogens (tertiary/aromatic N) is 2. The first kappa shape index (κ1) is 12.8. The van der Waals surface area contributed by atoms with Gasteiger partial charge in [-0.25, -0.2) is 0 Å². The lowest BCUT2D eigenvalue weighted by atomic mass is 9.98. The zero-order valence-corrected chi connectivity index (χ0v) is 9.70. The first-order chi connectivity index (χ1) is 7.65. The van der Waals surface area contributed by atoms with E-state index in [4.69, 9.17) is 10.4 Å². The van der Waals surface area contributed by atoms with Gasteiger partial charge in [0.05, 0.1) is 23.5 Å². The van der Waals surface area contributed by atoms with E-state index in [1.54, 1.807) is 4.90 Å². The summed E-state index contributed by atoms with van der Waals surface area (Å²) in [6.07, 6.45) is 1.38. The molecule has 16 heavy (non-hydrogen) atoms. The normalized spacial score (nSPS) is 20.2. The third-order valence-corrected chi connectivity index (χ3v) is 3.30. The lowest BCUT2D eigenvalue weighted by molar-refractivity contribution is -0.145. The van der Waals surface area contributed by atoms with Crippen LogP contribution in [0.4, 0.5) is 0 Å². The number of carboxylic acids is 1. The number of nitriles is 1. The Morgan fingerprint density at radius 1 is 1.56 bits per heavy atom. The van der Waals surface area contributed by atoms with Gasteiger partial charge in [0.2, 0.25) is 5.91 Å². The Morgan fingerprint density at radius 3 is 2.94 bits per heavy atom. The van der Waals surface area contributed by atoms with Crippen LogP contribution in [-0.2, 0) is 9.59 Å². The molecule has 1 aliphatic rings. The minimum atomic E-state index is -0.831. The van der Waals surface area contributed by atoms with E-state index in [-0.39, 0.29) is 11.7 Å². The topological polar surface area (TPSA) is 81.4 Å². The van der Waals surface area contributed by atoms with Crippen molar-refractivity contribution >= 4 is 23.6 Å². The third kappa shape index (κ3) is 3.74. The standard InChI is InChI=1S/C10H14N2O3S/c11-3-5-16-7-9(13)12-4-1-2-8(6-12)10(14)15/h8H,1-2,4-7H2,(H,14,15)/t8-/m1/s1. The van der Waals surface area contributed by atoms with Crippen molar-refractivity contribution in [3.05, 3.63) is 0 Å². The van der Waals surface area contributed by atoms with E-state index in [1.165, 1.54) is 11.8 Å². The molecule has 1 heterocycles. The molecule has 0 unspecified atom stereocenters. The van der Waals surface area contributed by atoms with Crippen molar-refractivity contribution in [3.63, 3.8) is 0 Å². The number of carboxylic acid groups (broad SMARTS) is 1. The molecule has 0 aromatic rings. The Bertz CT molecular complexity index is 314. The van der Waals surface area contributed by atoms with Gasteiger partial charge in [-0.05, 0) is 12.8 Å². The summed E-state index contributed by atoms with van der Waals surface area (Å²) < 4.78 is 0. The van der Waals surface area contributed by atoms with Crippen molar-refractivity contribution in [3.8, 4) is 6.07 Å². The number of aliphatic carboxylic acids is 1. The summed E-state index contributed by atoms with van der Waals surface area (Å²) in [5, 5.41) is 17.2. The molecule has 1 N–H and O–H groups in total. The quantitative estimate of drug-likeness (QED) is 0.729. The van der Waals surface area contributed by atoms with Gasteiger partial charge >= 0.3 is 5.97 Å². The van der Waals surface area contributed by atoms with E-state index in [0.717, 1.165) is 6.42 Å². The highest BCUT2D eigenvalue weighted by Gasteiger charge is 2.27. The Hall–Kier alpha value is -1.22.